The first-order valence-electron chi connectivity index (χ1n) is 17.0. The zero-order valence-corrected chi connectivity index (χ0v) is 27.4. The van der Waals surface area contributed by atoms with Gasteiger partial charge in [-0.1, -0.05) is 159 Å². The Balaban J connectivity index is 1.28. The van der Waals surface area contributed by atoms with E-state index < -0.39 is 0 Å². The first-order chi connectivity index (χ1) is 23.5. The van der Waals surface area contributed by atoms with E-state index in [1.807, 2.05) is 0 Å². The highest BCUT2D eigenvalue weighted by Crippen LogP contribution is 2.51. The van der Waals surface area contributed by atoms with E-state index in [1.54, 1.807) is 0 Å². The molecule has 1 aliphatic carbocycles. The second kappa shape index (κ2) is 9.89. The molecular formula is C48H34. The van der Waals surface area contributed by atoms with Gasteiger partial charge in [0.05, 0.1) is 0 Å². The van der Waals surface area contributed by atoms with Crippen molar-refractivity contribution >= 4 is 53.9 Å². The molecule has 0 nitrogen and oxygen atoms in total. The molecule has 0 fully saturated rings. The molecule has 10 rings (SSSR count). The van der Waals surface area contributed by atoms with E-state index in [4.69, 9.17) is 0 Å². The van der Waals surface area contributed by atoms with Gasteiger partial charge in [0.15, 0.2) is 0 Å². The predicted octanol–water partition coefficient (Wildman–Crippen LogP) is 13.4. The normalized spacial score (nSPS) is 13.5. The van der Waals surface area contributed by atoms with Gasteiger partial charge in [-0.2, -0.15) is 0 Å². The van der Waals surface area contributed by atoms with Crippen molar-refractivity contribution in [3.05, 3.63) is 168 Å². The van der Waals surface area contributed by atoms with Crippen molar-refractivity contribution in [1.29, 1.82) is 0 Å². The number of benzene rings is 9. The van der Waals surface area contributed by atoms with Crippen molar-refractivity contribution in [3.8, 4) is 33.4 Å². The Kier molecular flexibility index (Phi) is 5.65. The molecule has 0 spiro atoms. The summed E-state index contributed by atoms with van der Waals surface area (Å²) in [5, 5.41) is 13.0. The minimum atomic E-state index is -0.0541. The lowest BCUT2D eigenvalue weighted by molar-refractivity contribution is 0.660. The summed E-state index contributed by atoms with van der Waals surface area (Å²) in [6.45, 7) is 6.96. The van der Waals surface area contributed by atoms with Crippen molar-refractivity contribution in [2.75, 3.05) is 0 Å². The van der Waals surface area contributed by atoms with Gasteiger partial charge in [0, 0.05) is 5.41 Å². The molecule has 0 saturated heterocycles. The summed E-state index contributed by atoms with van der Waals surface area (Å²) in [5.74, 6) is 0. The fourth-order valence-electron chi connectivity index (χ4n) is 8.84. The molecule has 0 N–H and O–H groups in total. The van der Waals surface area contributed by atoms with Gasteiger partial charge in [0.2, 0.25) is 0 Å². The first kappa shape index (κ1) is 27.4. The average Bonchev–Trinajstić information content (AvgIpc) is 3.36. The van der Waals surface area contributed by atoms with Crippen LogP contribution >= 0.6 is 0 Å². The van der Waals surface area contributed by atoms with Crippen LogP contribution in [0.3, 0.4) is 0 Å². The lowest BCUT2D eigenvalue weighted by Gasteiger charge is -2.23. The van der Waals surface area contributed by atoms with Gasteiger partial charge in [-0.3, -0.25) is 0 Å². The Morgan fingerprint density at radius 3 is 1.48 bits per heavy atom. The summed E-state index contributed by atoms with van der Waals surface area (Å²) < 4.78 is 0. The zero-order valence-electron chi connectivity index (χ0n) is 27.4. The molecule has 0 aromatic heterocycles. The van der Waals surface area contributed by atoms with E-state index in [1.165, 1.54) is 104 Å². The van der Waals surface area contributed by atoms with Crippen molar-refractivity contribution in [3.63, 3.8) is 0 Å². The van der Waals surface area contributed by atoms with Gasteiger partial charge in [-0.25, -0.2) is 0 Å². The number of hydrogen-bond acceptors (Lipinski definition) is 0. The van der Waals surface area contributed by atoms with Gasteiger partial charge in [-0.15, -0.1) is 0 Å². The molecule has 48 heavy (non-hydrogen) atoms. The second-order valence-electron chi connectivity index (χ2n) is 14.1. The van der Waals surface area contributed by atoms with Gasteiger partial charge in [0.1, 0.15) is 0 Å². The largest absolute Gasteiger partial charge is 0.0619 e. The van der Waals surface area contributed by atoms with Gasteiger partial charge in [0.25, 0.3) is 0 Å². The van der Waals surface area contributed by atoms with Crippen LogP contribution in [-0.4, -0.2) is 0 Å². The molecule has 0 heteroatoms. The zero-order chi connectivity index (χ0) is 32.1. The van der Waals surface area contributed by atoms with E-state index in [9.17, 15) is 0 Å². The highest BCUT2D eigenvalue weighted by molar-refractivity contribution is 6.27. The molecule has 0 radical (unpaired) electrons. The molecule has 9 aromatic carbocycles. The van der Waals surface area contributed by atoms with Crippen LogP contribution in [0.2, 0.25) is 0 Å². The second-order valence-corrected chi connectivity index (χ2v) is 14.1. The molecular weight excluding hydrogens is 577 g/mol. The summed E-state index contributed by atoms with van der Waals surface area (Å²) in [4.78, 5) is 0. The lowest BCUT2D eigenvalue weighted by Crippen LogP contribution is -2.14. The molecule has 226 valence electrons. The minimum Gasteiger partial charge on any atom is -0.0619 e. The molecule has 0 aliphatic heterocycles. The molecule has 0 unspecified atom stereocenters. The van der Waals surface area contributed by atoms with Crippen molar-refractivity contribution in [1.82, 2.24) is 0 Å². The van der Waals surface area contributed by atoms with Gasteiger partial charge < -0.3 is 0 Å². The standard InChI is InChI=1S/C48H34/c1-29-20-23-41-43(26-29)47(31-22-25-38-37-16-10-11-19-44(37)48(2,3)45(38)28-31)40-18-9-8-17-39(40)46(41)30-21-24-36-34-14-5-4-12-32(34)33-13-6-7-15-35(33)42(36)27-30/h4-28H,1-3H3. The average molecular weight is 611 g/mol. The first-order valence-corrected chi connectivity index (χ1v) is 17.0. The Labute approximate surface area is 280 Å². The number of fused-ring (bicyclic) bond motifs is 11. The summed E-state index contributed by atoms with van der Waals surface area (Å²) in [7, 11) is 0. The van der Waals surface area contributed by atoms with Crippen LogP contribution in [-0.2, 0) is 5.41 Å². The van der Waals surface area contributed by atoms with Crippen LogP contribution in [0.1, 0.15) is 30.5 Å². The van der Waals surface area contributed by atoms with Crippen LogP contribution in [0.5, 0.6) is 0 Å². The summed E-state index contributed by atoms with van der Waals surface area (Å²) in [6, 6.07) is 57.0. The Hall–Kier alpha value is -5.72. The minimum absolute atomic E-state index is 0.0541. The Morgan fingerprint density at radius 2 is 0.792 bits per heavy atom. The summed E-state index contributed by atoms with van der Waals surface area (Å²) >= 11 is 0. The number of hydrogen-bond donors (Lipinski definition) is 0. The van der Waals surface area contributed by atoms with E-state index in [-0.39, 0.29) is 5.41 Å². The molecule has 1 aliphatic rings. The fraction of sp³-hybridized carbons (Fsp3) is 0.0833. The summed E-state index contributed by atoms with van der Waals surface area (Å²) in [6.07, 6.45) is 0. The van der Waals surface area contributed by atoms with Crippen LogP contribution in [0, 0.1) is 6.92 Å². The SMILES string of the molecule is Cc1ccc2c(-c3ccc4c5ccccc5c5ccccc5c4c3)c3ccccc3c(-c3ccc4c(c3)C(C)(C)c3ccccc3-4)c2c1. The van der Waals surface area contributed by atoms with Gasteiger partial charge in [-0.05, 0) is 117 Å². The molecule has 0 heterocycles. The predicted molar refractivity (Wildman–Crippen MR) is 207 cm³/mol. The number of rotatable bonds is 2. The van der Waals surface area contributed by atoms with E-state index in [0.717, 1.165) is 0 Å². The highest BCUT2D eigenvalue weighted by atomic mass is 14.4. The molecule has 0 atom stereocenters. The van der Waals surface area contributed by atoms with Crippen LogP contribution in [0.15, 0.2) is 152 Å². The van der Waals surface area contributed by atoms with Crippen LogP contribution in [0.4, 0.5) is 0 Å². The van der Waals surface area contributed by atoms with Crippen molar-refractivity contribution in [2.45, 2.75) is 26.2 Å². The monoisotopic (exact) mass is 610 g/mol. The maximum atomic E-state index is 2.48. The lowest BCUT2D eigenvalue weighted by atomic mass is 9.80. The Morgan fingerprint density at radius 1 is 0.333 bits per heavy atom. The van der Waals surface area contributed by atoms with Crippen molar-refractivity contribution in [2.24, 2.45) is 0 Å². The smallest absolute Gasteiger partial charge is 0.0159 e. The molecule has 9 aromatic rings. The third-order valence-corrected chi connectivity index (χ3v) is 11.1. The quantitative estimate of drug-likeness (QED) is 0.135. The molecule has 0 saturated carbocycles. The van der Waals surface area contributed by atoms with Gasteiger partial charge >= 0.3 is 0 Å². The van der Waals surface area contributed by atoms with E-state index in [2.05, 4.69) is 172 Å². The fourth-order valence-corrected chi connectivity index (χ4v) is 8.84. The maximum Gasteiger partial charge on any atom is 0.0159 e. The van der Waals surface area contributed by atoms with Crippen molar-refractivity contribution < 1.29 is 0 Å². The topological polar surface area (TPSA) is 0 Å². The summed E-state index contributed by atoms with van der Waals surface area (Å²) in [5.41, 5.74) is 11.9. The van der Waals surface area contributed by atoms with E-state index in [0.29, 0.717) is 0 Å². The number of aryl methyl sites for hydroxylation is 1. The third-order valence-electron chi connectivity index (χ3n) is 11.1. The van der Waals surface area contributed by atoms with E-state index >= 15 is 0 Å². The molecule has 0 bridgehead atoms. The maximum absolute atomic E-state index is 2.48. The highest BCUT2D eigenvalue weighted by Gasteiger charge is 2.35. The third kappa shape index (κ3) is 3.72. The Bertz CT molecular complexity index is 2780. The van der Waals surface area contributed by atoms with Crippen LogP contribution < -0.4 is 0 Å². The molecule has 0 amide bonds. The van der Waals surface area contributed by atoms with Crippen LogP contribution in [0.25, 0.3) is 87.2 Å².